The van der Waals surface area contributed by atoms with Crippen molar-refractivity contribution < 1.29 is 4.39 Å². The molecule has 2 aromatic rings. The quantitative estimate of drug-likeness (QED) is 0.931. The van der Waals surface area contributed by atoms with Gasteiger partial charge in [0.25, 0.3) is 0 Å². The monoisotopic (exact) mass is 286 g/mol. The number of imidazole rings is 1. The first-order valence-electron chi connectivity index (χ1n) is 6.94. The molecule has 5 heteroatoms. The van der Waals surface area contributed by atoms with Crippen molar-refractivity contribution in [2.24, 2.45) is 0 Å². The van der Waals surface area contributed by atoms with Gasteiger partial charge in [-0.3, -0.25) is 0 Å². The summed E-state index contributed by atoms with van der Waals surface area (Å²) < 4.78 is 15.4. The smallest absolute Gasteiger partial charge is 0.140 e. The highest BCUT2D eigenvalue weighted by Crippen LogP contribution is 2.32. The number of nitrogens with zero attached hydrogens (tertiary/aromatic N) is 3. The Balaban J connectivity index is 2.65. The van der Waals surface area contributed by atoms with E-state index in [4.69, 9.17) is 11.0 Å². The molecular formula is C16H19FN4. The van der Waals surface area contributed by atoms with E-state index in [9.17, 15) is 4.39 Å². The molecule has 0 spiro atoms. The van der Waals surface area contributed by atoms with Gasteiger partial charge in [-0.05, 0) is 32.0 Å². The first kappa shape index (κ1) is 15.0. The van der Waals surface area contributed by atoms with E-state index in [0.717, 1.165) is 5.82 Å². The highest BCUT2D eigenvalue weighted by molar-refractivity contribution is 5.72. The van der Waals surface area contributed by atoms with Crippen LogP contribution in [-0.4, -0.2) is 9.55 Å². The lowest BCUT2D eigenvalue weighted by Crippen LogP contribution is -2.10. The van der Waals surface area contributed by atoms with E-state index >= 15 is 0 Å². The number of nitrogens with two attached hydrogens (primary N) is 1. The third-order valence-electron chi connectivity index (χ3n) is 3.37. The summed E-state index contributed by atoms with van der Waals surface area (Å²) in [5.41, 5.74) is 7.49. The zero-order valence-electron chi connectivity index (χ0n) is 12.7. The van der Waals surface area contributed by atoms with Crippen LogP contribution in [0.2, 0.25) is 0 Å². The summed E-state index contributed by atoms with van der Waals surface area (Å²) in [6.45, 7) is 8.18. The fraction of sp³-hybridized carbons (Fsp3) is 0.375. The zero-order chi connectivity index (χ0) is 15.7. The second kappa shape index (κ2) is 5.57. The van der Waals surface area contributed by atoms with Crippen LogP contribution < -0.4 is 5.73 Å². The van der Waals surface area contributed by atoms with E-state index in [0.29, 0.717) is 17.1 Å². The van der Waals surface area contributed by atoms with Gasteiger partial charge in [-0.15, -0.1) is 0 Å². The number of hydrogen-bond acceptors (Lipinski definition) is 3. The van der Waals surface area contributed by atoms with Crippen molar-refractivity contribution in [1.82, 2.24) is 9.55 Å². The third-order valence-corrected chi connectivity index (χ3v) is 3.37. The van der Waals surface area contributed by atoms with Crippen LogP contribution in [-0.2, 0) is 0 Å². The lowest BCUT2D eigenvalue weighted by atomic mass is 10.1. The minimum atomic E-state index is -0.535. The highest BCUT2D eigenvalue weighted by atomic mass is 19.1. The van der Waals surface area contributed by atoms with Gasteiger partial charge in [0.2, 0.25) is 0 Å². The van der Waals surface area contributed by atoms with Gasteiger partial charge < -0.3 is 10.3 Å². The molecule has 0 unspecified atom stereocenters. The van der Waals surface area contributed by atoms with E-state index in [1.165, 1.54) is 12.1 Å². The molecule has 4 nitrogen and oxygen atoms in total. The van der Waals surface area contributed by atoms with E-state index in [1.807, 2.05) is 24.5 Å². The summed E-state index contributed by atoms with van der Waals surface area (Å²) >= 11 is 0. The Hall–Kier alpha value is -2.35. The van der Waals surface area contributed by atoms with Crippen molar-refractivity contribution in [3.05, 3.63) is 35.4 Å². The van der Waals surface area contributed by atoms with Crippen LogP contribution in [0.4, 0.5) is 10.2 Å². The molecule has 2 N–H and O–H groups in total. The number of aromatic nitrogens is 2. The van der Waals surface area contributed by atoms with Crippen LogP contribution in [0.25, 0.3) is 11.3 Å². The fourth-order valence-corrected chi connectivity index (χ4v) is 2.38. The van der Waals surface area contributed by atoms with Gasteiger partial charge >= 0.3 is 0 Å². The maximum absolute atomic E-state index is 13.4. The molecular weight excluding hydrogens is 267 g/mol. The molecule has 0 aliphatic carbocycles. The molecule has 0 saturated heterocycles. The lowest BCUT2D eigenvalue weighted by Gasteiger charge is -2.15. The molecule has 0 bridgehead atoms. The van der Waals surface area contributed by atoms with Crippen molar-refractivity contribution in [1.29, 1.82) is 5.26 Å². The minimum absolute atomic E-state index is 0.00269. The Morgan fingerprint density at radius 1 is 1.29 bits per heavy atom. The Morgan fingerprint density at radius 2 is 1.95 bits per heavy atom. The molecule has 0 amide bonds. The van der Waals surface area contributed by atoms with Gasteiger partial charge in [-0.1, -0.05) is 13.8 Å². The number of nitrogen functional groups attached to an aromatic ring is 1. The normalized spacial score (nSPS) is 11.1. The average Bonchev–Trinajstić information content (AvgIpc) is 2.77. The number of rotatable bonds is 3. The maximum Gasteiger partial charge on any atom is 0.140 e. The summed E-state index contributed by atoms with van der Waals surface area (Å²) in [5, 5.41) is 8.95. The van der Waals surface area contributed by atoms with Crippen LogP contribution >= 0.6 is 0 Å². The third kappa shape index (κ3) is 2.62. The van der Waals surface area contributed by atoms with Gasteiger partial charge in [-0.2, -0.15) is 5.26 Å². The van der Waals surface area contributed by atoms with E-state index in [1.54, 1.807) is 6.07 Å². The van der Waals surface area contributed by atoms with Gasteiger partial charge in [0.1, 0.15) is 29.2 Å². The van der Waals surface area contributed by atoms with Crippen molar-refractivity contribution in [3.8, 4) is 17.3 Å². The predicted octanol–water partition coefficient (Wildman–Crippen LogP) is 3.85. The van der Waals surface area contributed by atoms with Crippen LogP contribution in [0, 0.1) is 17.1 Å². The van der Waals surface area contributed by atoms with Gasteiger partial charge in [0, 0.05) is 17.5 Å². The van der Waals surface area contributed by atoms with Crippen LogP contribution in [0.3, 0.4) is 0 Å². The average molecular weight is 286 g/mol. The van der Waals surface area contributed by atoms with E-state index in [-0.39, 0.29) is 17.5 Å². The summed E-state index contributed by atoms with van der Waals surface area (Å²) in [7, 11) is 0. The SMILES string of the molecule is CC(C)c1nc(-c2ccc(F)c(C#N)c2)c(N)n1C(C)C. The molecule has 110 valence electrons. The van der Waals surface area contributed by atoms with E-state index < -0.39 is 5.82 Å². The Morgan fingerprint density at radius 3 is 2.43 bits per heavy atom. The first-order chi connectivity index (χ1) is 9.86. The Bertz CT molecular complexity index is 708. The van der Waals surface area contributed by atoms with Crippen LogP contribution in [0.1, 0.15) is 51.0 Å². The number of benzene rings is 1. The summed E-state index contributed by atoms with van der Waals surface area (Å²) in [5.74, 6) is 1.12. The van der Waals surface area contributed by atoms with Crippen LogP contribution in [0.5, 0.6) is 0 Å². The maximum atomic E-state index is 13.4. The van der Waals surface area contributed by atoms with Gasteiger partial charge in [0.05, 0.1) is 5.56 Å². The first-order valence-corrected chi connectivity index (χ1v) is 6.94. The summed E-state index contributed by atoms with van der Waals surface area (Å²) in [6, 6.07) is 6.39. The summed E-state index contributed by atoms with van der Waals surface area (Å²) in [6.07, 6.45) is 0. The number of anilines is 1. The molecule has 1 aromatic carbocycles. The minimum Gasteiger partial charge on any atom is -0.383 e. The summed E-state index contributed by atoms with van der Waals surface area (Å²) in [4.78, 5) is 4.61. The standard InChI is InChI=1S/C16H19FN4/c1-9(2)16-20-14(15(19)21(16)10(3)4)11-5-6-13(17)12(7-11)8-18/h5-7,9-10H,19H2,1-4H3. The Kier molecular flexibility index (Phi) is 3.99. The second-order valence-electron chi connectivity index (χ2n) is 5.63. The topological polar surface area (TPSA) is 67.6 Å². The lowest BCUT2D eigenvalue weighted by molar-refractivity contribution is 0.556. The van der Waals surface area contributed by atoms with Crippen molar-refractivity contribution in [2.75, 3.05) is 5.73 Å². The predicted molar refractivity (Wildman–Crippen MR) is 81.2 cm³/mol. The zero-order valence-corrected chi connectivity index (χ0v) is 12.7. The number of hydrogen-bond donors (Lipinski definition) is 1. The van der Waals surface area contributed by atoms with Crippen molar-refractivity contribution in [3.63, 3.8) is 0 Å². The Labute approximate surface area is 124 Å². The highest BCUT2D eigenvalue weighted by Gasteiger charge is 2.20. The molecule has 0 atom stereocenters. The fourth-order valence-electron chi connectivity index (χ4n) is 2.38. The molecule has 2 rings (SSSR count). The van der Waals surface area contributed by atoms with Gasteiger partial charge in [0.15, 0.2) is 0 Å². The van der Waals surface area contributed by atoms with Crippen molar-refractivity contribution in [2.45, 2.75) is 39.7 Å². The second-order valence-corrected chi connectivity index (χ2v) is 5.63. The van der Waals surface area contributed by atoms with Gasteiger partial charge in [-0.25, -0.2) is 9.37 Å². The molecule has 0 fully saturated rings. The molecule has 21 heavy (non-hydrogen) atoms. The number of halogens is 1. The van der Waals surface area contributed by atoms with E-state index in [2.05, 4.69) is 18.8 Å². The van der Waals surface area contributed by atoms with Crippen molar-refractivity contribution >= 4 is 5.82 Å². The van der Waals surface area contributed by atoms with Crippen LogP contribution in [0.15, 0.2) is 18.2 Å². The molecule has 1 aromatic heterocycles. The molecule has 0 aliphatic rings. The molecule has 0 radical (unpaired) electrons. The molecule has 1 heterocycles. The largest absolute Gasteiger partial charge is 0.383 e. The molecule has 0 saturated carbocycles. The number of nitriles is 1. The molecule has 0 aliphatic heterocycles.